The van der Waals surface area contributed by atoms with Crippen molar-refractivity contribution in [1.82, 2.24) is 4.98 Å². The summed E-state index contributed by atoms with van der Waals surface area (Å²) < 4.78 is 6.66. The fourth-order valence-electron chi connectivity index (χ4n) is 1.17. The molecule has 2 aromatic rings. The molecule has 0 bridgehead atoms. The Morgan fingerprint density at radius 3 is 2.50 bits per heavy atom. The van der Waals surface area contributed by atoms with E-state index in [1.54, 1.807) is 12.1 Å². The van der Waals surface area contributed by atoms with E-state index in [1.165, 1.54) is 0 Å². The second-order valence-corrected chi connectivity index (χ2v) is 4.75. The third kappa shape index (κ3) is 2.99. The predicted octanol–water partition coefficient (Wildman–Crippen LogP) is 3.71. The highest BCUT2D eigenvalue weighted by atomic mass is 127. The van der Waals surface area contributed by atoms with Crippen LogP contribution in [0.5, 0.6) is 11.6 Å². The topological polar surface area (TPSA) is 48.1 Å². The van der Waals surface area contributed by atoms with Gasteiger partial charge in [-0.15, -0.1) is 0 Å². The lowest BCUT2D eigenvalue weighted by Crippen LogP contribution is -1.91. The lowest BCUT2D eigenvalue weighted by atomic mass is 10.3. The molecule has 0 spiro atoms. The summed E-state index contributed by atoms with van der Waals surface area (Å²) >= 11 is 8.00. The zero-order valence-electron chi connectivity index (χ0n) is 8.15. The Morgan fingerprint density at radius 1 is 1.19 bits per heavy atom. The Hall–Kier alpha value is -1.01. The summed E-state index contributed by atoms with van der Waals surface area (Å²) in [6.45, 7) is 0. The van der Waals surface area contributed by atoms with Gasteiger partial charge in [0.1, 0.15) is 10.9 Å². The molecule has 0 aliphatic rings. The Labute approximate surface area is 112 Å². The second kappa shape index (κ2) is 4.88. The maximum Gasteiger partial charge on any atom is 0.222 e. The lowest BCUT2D eigenvalue weighted by molar-refractivity contribution is 0.463. The molecule has 1 heterocycles. The van der Waals surface area contributed by atoms with Gasteiger partial charge in [-0.05, 0) is 52.9 Å². The summed E-state index contributed by atoms with van der Waals surface area (Å²) in [5.74, 6) is 1.10. The van der Waals surface area contributed by atoms with Crippen molar-refractivity contribution >= 4 is 39.9 Å². The Bertz CT molecular complexity index is 482. The minimum atomic E-state index is 0.320. The second-order valence-electron chi connectivity index (χ2n) is 3.12. The molecule has 1 aromatic heterocycles. The number of nitrogens with two attached hydrogens (primary N) is 1. The van der Waals surface area contributed by atoms with Gasteiger partial charge in [0.25, 0.3) is 0 Å². The summed E-state index contributed by atoms with van der Waals surface area (Å²) in [6.07, 6.45) is 0. The normalized spacial score (nSPS) is 10.1. The first-order valence-electron chi connectivity index (χ1n) is 4.50. The highest BCUT2D eigenvalue weighted by molar-refractivity contribution is 14.1. The first-order valence-corrected chi connectivity index (χ1v) is 5.95. The van der Waals surface area contributed by atoms with Gasteiger partial charge in [-0.1, -0.05) is 11.6 Å². The number of ether oxygens (including phenoxy) is 1. The average Bonchev–Trinajstić information content (AvgIpc) is 2.20. The van der Waals surface area contributed by atoms with E-state index in [-0.39, 0.29) is 0 Å². The quantitative estimate of drug-likeness (QED) is 0.666. The predicted molar refractivity (Wildman–Crippen MR) is 72.9 cm³/mol. The minimum absolute atomic E-state index is 0.320. The largest absolute Gasteiger partial charge is 0.439 e. The molecule has 0 unspecified atom stereocenters. The minimum Gasteiger partial charge on any atom is -0.439 e. The Kier molecular flexibility index (Phi) is 3.50. The first kappa shape index (κ1) is 11.5. The number of hydrogen-bond donors (Lipinski definition) is 1. The number of halogens is 2. The van der Waals surface area contributed by atoms with Crippen LogP contribution in [0.3, 0.4) is 0 Å². The molecule has 0 atom stereocenters. The van der Waals surface area contributed by atoms with Gasteiger partial charge in [0, 0.05) is 15.3 Å². The van der Waals surface area contributed by atoms with E-state index in [1.807, 2.05) is 24.3 Å². The number of hydrogen-bond acceptors (Lipinski definition) is 3. The van der Waals surface area contributed by atoms with Crippen molar-refractivity contribution in [1.29, 1.82) is 0 Å². The third-order valence-electron chi connectivity index (χ3n) is 1.83. The van der Waals surface area contributed by atoms with Crippen LogP contribution >= 0.6 is 34.2 Å². The van der Waals surface area contributed by atoms with Crippen molar-refractivity contribution in [2.75, 3.05) is 5.73 Å². The highest BCUT2D eigenvalue weighted by Gasteiger charge is 2.01. The molecule has 16 heavy (non-hydrogen) atoms. The fourth-order valence-corrected chi connectivity index (χ4v) is 1.74. The number of pyridine rings is 1. The third-order valence-corrected chi connectivity index (χ3v) is 2.74. The zero-order valence-corrected chi connectivity index (χ0v) is 11.1. The van der Waals surface area contributed by atoms with Crippen LogP contribution in [-0.2, 0) is 0 Å². The van der Waals surface area contributed by atoms with Crippen molar-refractivity contribution in [3.8, 4) is 11.6 Å². The van der Waals surface area contributed by atoms with Gasteiger partial charge >= 0.3 is 0 Å². The van der Waals surface area contributed by atoms with E-state index >= 15 is 0 Å². The van der Waals surface area contributed by atoms with Gasteiger partial charge in [-0.2, -0.15) is 0 Å². The molecule has 2 N–H and O–H groups in total. The number of anilines is 1. The van der Waals surface area contributed by atoms with Crippen LogP contribution in [0.15, 0.2) is 36.4 Å². The molecule has 2 rings (SSSR count). The fraction of sp³-hybridized carbons (Fsp3) is 0. The van der Waals surface area contributed by atoms with Crippen molar-refractivity contribution in [2.24, 2.45) is 0 Å². The molecule has 82 valence electrons. The monoisotopic (exact) mass is 346 g/mol. The number of nitrogen functional groups attached to an aromatic ring is 1. The van der Waals surface area contributed by atoms with Crippen LogP contribution in [0.4, 0.5) is 5.69 Å². The van der Waals surface area contributed by atoms with Crippen LogP contribution in [0.25, 0.3) is 0 Å². The number of nitrogens with zero attached hydrogens (tertiary/aromatic N) is 1. The van der Waals surface area contributed by atoms with Gasteiger partial charge in [-0.25, -0.2) is 4.98 Å². The van der Waals surface area contributed by atoms with Crippen LogP contribution in [0.1, 0.15) is 0 Å². The molecular formula is C11H8ClIN2O. The van der Waals surface area contributed by atoms with Gasteiger partial charge in [-0.3, -0.25) is 0 Å². The molecule has 0 fully saturated rings. The molecule has 0 radical (unpaired) electrons. The maximum absolute atomic E-state index is 5.77. The molecule has 5 heteroatoms. The lowest BCUT2D eigenvalue weighted by Gasteiger charge is -2.05. The number of aromatic nitrogens is 1. The summed E-state index contributed by atoms with van der Waals surface area (Å²) in [5.41, 5.74) is 6.16. The van der Waals surface area contributed by atoms with Crippen molar-refractivity contribution in [3.05, 3.63) is 45.1 Å². The molecule has 0 saturated carbocycles. The Morgan fingerprint density at radius 2 is 1.88 bits per heavy atom. The molecule has 0 aliphatic carbocycles. The number of benzene rings is 1. The molecule has 0 saturated heterocycles. The number of rotatable bonds is 2. The van der Waals surface area contributed by atoms with Crippen molar-refractivity contribution < 1.29 is 4.74 Å². The van der Waals surface area contributed by atoms with E-state index in [4.69, 9.17) is 22.1 Å². The average molecular weight is 347 g/mol. The molecule has 0 aliphatic heterocycles. The van der Waals surface area contributed by atoms with Gasteiger partial charge in [0.15, 0.2) is 0 Å². The SMILES string of the molecule is Nc1cc(Cl)nc(Oc2ccc(I)cc2)c1. The molecule has 0 amide bonds. The summed E-state index contributed by atoms with van der Waals surface area (Å²) in [6, 6.07) is 10.8. The van der Waals surface area contributed by atoms with Gasteiger partial charge in [0.05, 0.1) is 0 Å². The zero-order chi connectivity index (χ0) is 11.5. The van der Waals surface area contributed by atoms with E-state index in [9.17, 15) is 0 Å². The molecule has 3 nitrogen and oxygen atoms in total. The van der Waals surface area contributed by atoms with Gasteiger partial charge in [0.2, 0.25) is 5.88 Å². The van der Waals surface area contributed by atoms with Crippen LogP contribution in [0, 0.1) is 3.57 Å². The van der Waals surface area contributed by atoms with Crippen LogP contribution in [-0.4, -0.2) is 4.98 Å². The van der Waals surface area contributed by atoms with Crippen molar-refractivity contribution in [2.45, 2.75) is 0 Å². The van der Waals surface area contributed by atoms with Crippen LogP contribution < -0.4 is 10.5 Å². The van der Waals surface area contributed by atoms with E-state index in [0.29, 0.717) is 22.5 Å². The van der Waals surface area contributed by atoms with E-state index in [0.717, 1.165) is 3.57 Å². The molecule has 1 aromatic carbocycles. The first-order chi connectivity index (χ1) is 7.63. The van der Waals surface area contributed by atoms with Crippen molar-refractivity contribution in [3.63, 3.8) is 0 Å². The summed E-state index contributed by atoms with van der Waals surface area (Å²) in [4.78, 5) is 4.01. The van der Waals surface area contributed by atoms with E-state index in [2.05, 4.69) is 27.6 Å². The van der Waals surface area contributed by atoms with Crippen LogP contribution in [0.2, 0.25) is 5.15 Å². The highest BCUT2D eigenvalue weighted by Crippen LogP contribution is 2.24. The maximum atomic E-state index is 5.77. The Balaban J connectivity index is 2.23. The van der Waals surface area contributed by atoms with E-state index < -0.39 is 0 Å². The summed E-state index contributed by atoms with van der Waals surface area (Å²) in [7, 11) is 0. The van der Waals surface area contributed by atoms with Gasteiger partial charge < -0.3 is 10.5 Å². The smallest absolute Gasteiger partial charge is 0.222 e. The standard InChI is InChI=1S/C11H8ClIN2O/c12-10-5-8(14)6-11(15-10)16-9-3-1-7(13)2-4-9/h1-6H,(H2,14,15). The molecular weight excluding hydrogens is 338 g/mol. The summed E-state index contributed by atoms with van der Waals surface area (Å²) in [5, 5.41) is 0.320.